The van der Waals surface area contributed by atoms with Crippen LogP contribution in [0.15, 0.2) is 47.3 Å². The molecule has 1 amide bonds. The minimum absolute atomic E-state index is 0.0246. The molecule has 1 aliphatic rings. The van der Waals surface area contributed by atoms with Crippen molar-refractivity contribution in [3.63, 3.8) is 0 Å². The first-order valence-corrected chi connectivity index (χ1v) is 9.75. The van der Waals surface area contributed by atoms with E-state index in [-0.39, 0.29) is 17.6 Å². The quantitative estimate of drug-likeness (QED) is 0.531. The Kier molecular flexibility index (Phi) is 5.11. The van der Waals surface area contributed by atoms with E-state index in [9.17, 15) is 9.59 Å². The Balaban J connectivity index is 1.36. The number of halogens is 1. The number of nitrogens with one attached hydrogen (secondary N) is 4. The number of imidazole rings is 1. The van der Waals surface area contributed by atoms with Gasteiger partial charge < -0.3 is 25.1 Å². The Labute approximate surface area is 167 Å². The molecular formula is C20H23ClN5O2+. The number of aromatic nitrogens is 2. The van der Waals surface area contributed by atoms with Crippen LogP contribution >= 0.6 is 11.6 Å². The molecule has 146 valence electrons. The Morgan fingerprint density at radius 3 is 2.64 bits per heavy atom. The van der Waals surface area contributed by atoms with Crippen molar-refractivity contribution in [1.82, 2.24) is 9.97 Å². The number of aromatic amines is 2. The third kappa shape index (κ3) is 3.90. The highest BCUT2D eigenvalue weighted by molar-refractivity contribution is 6.30. The molecule has 2 aromatic carbocycles. The molecule has 4 N–H and O–H groups in total. The number of nitrogens with zero attached hydrogens (tertiary/aromatic N) is 1. The highest BCUT2D eigenvalue weighted by atomic mass is 35.5. The van der Waals surface area contributed by atoms with E-state index in [2.05, 4.69) is 26.3 Å². The molecule has 0 saturated carbocycles. The second-order valence-electron chi connectivity index (χ2n) is 7.18. The first-order valence-electron chi connectivity index (χ1n) is 9.37. The minimum Gasteiger partial charge on any atom is -0.360 e. The molecule has 2 heterocycles. The number of hydrogen-bond acceptors (Lipinski definition) is 3. The van der Waals surface area contributed by atoms with Crippen LogP contribution in [0.5, 0.6) is 0 Å². The van der Waals surface area contributed by atoms with Gasteiger partial charge in [-0.1, -0.05) is 17.7 Å². The fourth-order valence-corrected chi connectivity index (χ4v) is 3.89. The molecule has 0 unspecified atom stereocenters. The van der Waals surface area contributed by atoms with Crippen LogP contribution < -0.4 is 20.8 Å². The third-order valence-electron chi connectivity index (χ3n) is 5.37. The standard InChI is InChI=1S/C20H22ClN5O2/c1-13(19(27)22-15-5-6-17-18(12-15)24-20(28)23-17)25-7-9-26(10-8-25)16-4-2-3-14(21)11-16/h2-6,11-13H,7-10H2,1H3,(H,22,27)(H2,23,24,28)/p+1/t13-/m1/s1. The van der Waals surface area contributed by atoms with Gasteiger partial charge in [-0.15, -0.1) is 0 Å². The summed E-state index contributed by atoms with van der Waals surface area (Å²) in [5.41, 5.74) is 2.94. The molecule has 1 aromatic heterocycles. The maximum atomic E-state index is 12.7. The summed E-state index contributed by atoms with van der Waals surface area (Å²) in [4.78, 5) is 33.0. The lowest BCUT2D eigenvalue weighted by molar-refractivity contribution is -0.914. The molecule has 3 aromatic rings. The van der Waals surface area contributed by atoms with Crippen molar-refractivity contribution < 1.29 is 9.69 Å². The van der Waals surface area contributed by atoms with E-state index in [0.717, 1.165) is 42.4 Å². The summed E-state index contributed by atoms with van der Waals surface area (Å²) in [7, 11) is 0. The number of hydrogen-bond donors (Lipinski definition) is 4. The molecule has 1 aliphatic heterocycles. The van der Waals surface area contributed by atoms with Gasteiger partial charge in [0.25, 0.3) is 5.91 Å². The van der Waals surface area contributed by atoms with Gasteiger partial charge in [0, 0.05) is 16.4 Å². The lowest BCUT2D eigenvalue weighted by atomic mass is 10.2. The van der Waals surface area contributed by atoms with Crippen LogP contribution in [0.25, 0.3) is 11.0 Å². The second-order valence-corrected chi connectivity index (χ2v) is 7.61. The van der Waals surface area contributed by atoms with Gasteiger partial charge in [0.15, 0.2) is 6.04 Å². The number of carbonyl (C=O) groups excluding carboxylic acids is 1. The van der Waals surface area contributed by atoms with E-state index in [1.807, 2.05) is 25.1 Å². The summed E-state index contributed by atoms with van der Waals surface area (Å²) in [5.74, 6) is -0.0246. The van der Waals surface area contributed by atoms with E-state index in [1.54, 1.807) is 18.2 Å². The lowest BCUT2D eigenvalue weighted by Crippen LogP contribution is -3.19. The molecule has 0 bridgehead atoms. The van der Waals surface area contributed by atoms with Crippen molar-refractivity contribution in [2.75, 3.05) is 36.4 Å². The van der Waals surface area contributed by atoms with E-state index >= 15 is 0 Å². The first kappa shape index (κ1) is 18.6. The van der Waals surface area contributed by atoms with Crippen LogP contribution in [-0.2, 0) is 4.79 Å². The van der Waals surface area contributed by atoms with Gasteiger partial charge in [-0.05, 0) is 43.3 Å². The predicted molar refractivity (Wildman–Crippen MR) is 111 cm³/mol. The molecule has 1 fully saturated rings. The maximum absolute atomic E-state index is 12.7. The van der Waals surface area contributed by atoms with Gasteiger partial charge in [0.2, 0.25) is 0 Å². The van der Waals surface area contributed by atoms with Gasteiger partial charge >= 0.3 is 5.69 Å². The fraction of sp³-hybridized carbons (Fsp3) is 0.300. The topological polar surface area (TPSA) is 85.4 Å². The van der Waals surface area contributed by atoms with Crippen LogP contribution in [0.4, 0.5) is 11.4 Å². The predicted octanol–water partition coefficient (Wildman–Crippen LogP) is 1.24. The van der Waals surface area contributed by atoms with Crippen LogP contribution in [-0.4, -0.2) is 48.1 Å². The zero-order valence-electron chi connectivity index (χ0n) is 15.6. The Hall–Kier alpha value is -2.77. The van der Waals surface area contributed by atoms with E-state index in [1.165, 1.54) is 4.90 Å². The molecule has 28 heavy (non-hydrogen) atoms. The number of piperazine rings is 1. The summed E-state index contributed by atoms with van der Waals surface area (Å²) >= 11 is 6.09. The van der Waals surface area contributed by atoms with Crippen LogP contribution in [0, 0.1) is 0 Å². The second kappa shape index (κ2) is 7.69. The van der Waals surface area contributed by atoms with Crippen molar-refractivity contribution in [2.45, 2.75) is 13.0 Å². The van der Waals surface area contributed by atoms with Crippen molar-refractivity contribution in [3.05, 3.63) is 58.0 Å². The Morgan fingerprint density at radius 2 is 1.89 bits per heavy atom. The number of H-pyrrole nitrogens is 2. The third-order valence-corrected chi connectivity index (χ3v) is 5.60. The van der Waals surface area contributed by atoms with Gasteiger partial charge in [-0.2, -0.15) is 0 Å². The van der Waals surface area contributed by atoms with Crippen molar-refractivity contribution in [3.8, 4) is 0 Å². The first-order chi connectivity index (χ1) is 13.5. The van der Waals surface area contributed by atoms with E-state index in [0.29, 0.717) is 11.2 Å². The van der Waals surface area contributed by atoms with Gasteiger partial charge in [0.05, 0.1) is 37.2 Å². The molecular weight excluding hydrogens is 378 g/mol. The lowest BCUT2D eigenvalue weighted by Gasteiger charge is -2.36. The number of rotatable bonds is 4. The van der Waals surface area contributed by atoms with Crippen LogP contribution in [0.3, 0.4) is 0 Å². The smallest absolute Gasteiger partial charge is 0.323 e. The molecule has 0 spiro atoms. The van der Waals surface area contributed by atoms with E-state index < -0.39 is 0 Å². The zero-order chi connectivity index (χ0) is 19.7. The number of quaternary nitrogens is 1. The largest absolute Gasteiger partial charge is 0.360 e. The highest BCUT2D eigenvalue weighted by Crippen LogP contribution is 2.19. The maximum Gasteiger partial charge on any atom is 0.323 e. The van der Waals surface area contributed by atoms with Crippen molar-refractivity contribution >= 4 is 39.9 Å². The summed E-state index contributed by atoms with van der Waals surface area (Å²) < 4.78 is 0. The monoisotopic (exact) mass is 400 g/mol. The molecule has 8 heteroatoms. The van der Waals surface area contributed by atoms with Crippen molar-refractivity contribution in [2.24, 2.45) is 0 Å². The van der Waals surface area contributed by atoms with Crippen molar-refractivity contribution in [1.29, 1.82) is 0 Å². The summed E-state index contributed by atoms with van der Waals surface area (Å²) in [6.07, 6.45) is 0. The van der Waals surface area contributed by atoms with Crippen LogP contribution in [0.1, 0.15) is 6.92 Å². The molecule has 7 nitrogen and oxygen atoms in total. The summed E-state index contributed by atoms with van der Waals surface area (Å²) in [5, 5.41) is 3.70. The minimum atomic E-state index is -0.256. The fourth-order valence-electron chi connectivity index (χ4n) is 3.70. The van der Waals surface area contributed by atoms with Gasteiger partial charge in [-0.25, -0.2) is 4.79 Å². The number of benzene rings is 2. The Morgan fingerprint density at radius 1 is 1.14 bits per heavy atom. The SMILES string of the molecule is C[C@H](C(=O)Nc1ccc2[nH]c(=O)[nH]c2c1)[NH+]1CCN(c2cccc(Cl)c2)CC1. The van der Waals surface area contributed by atoms with Gasteiger partial charge in [-0.3, -0.25) is 4.79 Å². The Bertz CT molecular complexity index is 1050. The average Bonchev–Trinajstić information content (AvgIpc) is 3.07. The summed E-state index contributed by atoms with van der Waals surface area (Å²) in [6, 6.07) is 13.1. The normalized spacial score (nSPS) is 16.3. The van der Waals surface area contributed by atoms with E-state index in [4.69, 9.17) is 11.6 Å². The molecule has 0 radical (unpaired) electrons. The molecule has 1 atom stereocenters. The summed E-state index contributed by atoms with van der Waals surface area (Å²) in [6.45, 7) is 5.47. The average molecular weight is 401 g/mol. The molecule has 0 aliphatic carbocycles. The van der Waals surface area contributed by atoms with Gasteiger partial charge in [0.1, 0.15) is 0 Å². The van der Waals surface area contributed by atoms with Crippen LogP contribution in [0.2, 0.25) is 5.02 Å². The molecule has 4 rings (SSSR count). The number of amides is 1. The number of fused-ring (bicyclic) bond motifs is 1. The zero-order valence-corrected chi connectivity index (χ0v) is 16.3. The molecule has 1 saturated heterocycles. The number of anilines is 2. The highest BCUT2D eigenvalue weighted by Gasteiger charge is 2.29. The number of carbonyl (C=O) groups is 1.